The Morgan fingerprint density at radius 3 is 1.16 bits per heavy atom. The van der Waals surface area contributed by atoms with Crippen LogP contribution in [-0.4, -0.2) is 87.5 Å². The van der Waals surface area contributed by atoms with E-state index >= 15 is 0 Å². The Balaban J connectivity index is 2.16. The normalized spacial score (nSPS) is 19.7. The number of aliphatic hydroxyl groups excluding tert-OH is 5. The number of allylic oxidation sites excluding steroid dienone is 1. The monoisotopic (exact) mass is 952 g/mol. The summed E-state index contributed by atoms with van der Waals surface area (Å²) >= 11 is 0. The lowest BCUT2D eigenvalue weighted by molar-refractivity contribution is -0.302. The van der Waals surface area contributed by atoms with E-state index in [0.717, 1.165) is 38.5 Å². The van der Waals surface area contributed by atoms with Crippen molar-refractivity contribution in [2.45, 2.75) is 339 Å². The second-order valence-electron chi connectivity index (χ2n) is 20.8. The van der Waals surface area contributed by atoms with Crippen molar-refractivity contribution in [3.05, 3.63) is 12.2 Å². The van der Waals surface area contributed by atoms with Crippen molar-refractivity contribution in [1.29, 1.82) is 0 Å². The van der Waals surface area contributed by atoms with E-state index in [2.05, 4.69) is 19.2 Å². The van der Waals surface area contributed by atoms with Crippen molar-refractivity contribution in [2.75, 3.05) is 13.2 Å². The fourth-order valence-corrected chi connectivity index (χ4v) is 9.69. The molecule has 0 aromatic heterocycles. The van der Waals surface area contributed by atoms with Crippen LogP contribution in [0.3, 0.4) is 0 Å². The topological polar surface area (TPSA) is 149 Å². The predicted octanol–water partition coefficient (Wildman–Crippen LogP) is 14.4. The fourth-order valence-electron chi connectivity index (χ4n) is 9.69. The van der Waals surface area contributed by atoms with Crippen molar-refractivity contribution >= 4 is 5.91 Å². The second-order valence-corrected chi connectivity index (χ2v) is 20.8. The van der Waals surface area contributed by atoms with Gasteiger partial charge in [-0.3, -0.25) is 4.79 Å². The molecule has 1 rings (SSSR count). The Hall–Kier alpha value is -1.07. The molecule has 6 N–H and O–H groups in total. The van der Waals surface area contributed by atoms with Crippen molar-refractivity contribution in [3.8, 4) is 0 Å². The molecule has 0 aliphatic carbocycles. The first-order valence-electron chi connectivity index (χ1n) is 29.4. The average molecular weight is 953 g/mol. The van der Waals surface area contributed by atoms with Crippen LogP contribution in [-0.2, 0) is 14.3 Å². The number of nitrogens with one attached hydrogen (secondary N) is 1. The molecule has 9 nitrogen and oxygen atoms in total. The van der Waals surface area contributed by atoms with Crippen LogP contribution < -0.4 is 5.32 Å². The van der Waals surface area contributed by atoms with E-state index in [1.165, 1.54) is 238 Å². The predicted molar refractivity (Wildman–Crippen MR) is 281 cm³/mol. The van der Waals surface area contributed by atoms with Gasteiger partial charge in [0, 0.05) is 6.42 Å². The molecule has 0 aromatic rings. The minimum atomic E-state index is -1.56. The van der Waals surface area contributed by atoms with Crippen molar-refractivity contribution in [1.82, 2.24) is 5.32 Å². The van der Waals surface area contributed by atoms with Crippen LogP contribution in [0.2, 0.25) is 0 Å². The molecular weight excluding hydrogens is 839 g/mol. The van der Waals surface area contributed by atoms with Crippen LogP contribution in [0.5, 0.6) is 0 Å². The molecule has 1 fully saturated rings. The molecular formula is C58H113NO8. The third-order valence-electron chi connectivity index (χ3n) is 14.4. The van der Waals surface area contributed by atoms with E-state index in [1.54, 1.807) is 6.08 Å². The highest BCUT2D eigenvalue weighted by Crippen LogP contribution is 2.23. The van der Waals surface area contributed by atoms with Gasteiger partial charge in [-0.25, -0.2) is 0 Å². The minimum absolute atomic E-state index is 0.170. The Morgan fingerprint density at radius 2 is 0.821 bits per heavy atom. The number of hydrogen-bond donors (Lipinski definition) is 6. The van der Waals surface area contributed by atoms with Crippen molar-refractivity contribution in [3.63, 3.8) is 0 Å². The molecule has 1 saturated heterocycles. The lowest BCUT2D eigenvalue weighted by Gasteiger charge is -2.40. The van der Waals surface area contributed by atoms with E-state index in [1.807, 2.05) is 6.08 Å². The lowest BCUT2D eigenvalue weighted by atomic mass is 9.99. The number of amides is 1. The quantitative estimate of drug-likeness (QED) is 0.0261. The first kappa shape index (κ1) is 63.9. The molecule has 0 saturated carbocycles. The number of carbonyl (C=O) groups is 1. The highest BCUT2D eigenvalue weighted by Gasteiger charge is 2.44. The summed E-state index contributed by atoms with van der Waals surface area (Å²) in [5, 5.41) is 54.5. The first-order valence-corrected chi connectivity index (χ1v) is 29.4. The van der Waals surface area contributed by atoms with Crippen LogP contribution in [0.25, 0.3) is 0 Å². The van der Waals surface area contributed by atoms with E-state index in [4.69, 9.17) is 9.47 Å². The van der Waals surface area contributed by atoms with E-state index in [-0.39, 0.29) is 12.5 Å². The summed E-state index contributed by atoms with van der Waals surface area (Å²) in [5.74, 6) is -0.170. The highest BCUT2D eigenvalue weighted by molar-refractivity contribution is 5.76. The fraction of sp³-hybridized carbons (Fsp3) is 0.948. The molecule has 9 heteroatoms. The smallest absolute Gasteiger partial charge is 0.220 e. The Morgan fingerprint density at radius 1 is 0.493 bits per heavy atom. The largest absolute Gasteiger partial charge is 0.394 e. The number of ether oxygens (including phenoxy) is 2. The van der Waals surface area contributed by atoms with Gasteiger partial charge in [-0.05, 0) is 19.3 Å². The SMILES string of the molecule is CCCCCCCCCCCCCCCC/C=C/[C@@H](O)[C@H](CO[C@@H]1O[C@H](CO)[C@@H](O)C(O)C1O)NC(=O)CCCCCCCCCCCCCCCCCCCCCCCCCCCCCC. The molecule has 67 heavy (non-hydrogen) atoms. The van der Waals surface area contributed by atoms with Crippen LogP contribution in [0.15, 0.2) is 12.2 Å². The lowest BCUT2D eigenvalue weighted by Crippen LogP contribution is -2.60. The van der Waals surface area contributed by atoms with Crippen molar-refractivity contribution in [2.24, 2.45) is 0 Å². The zero-order chi connectivity index (χ0) is 48.7. The summed E-state index contributed by atoms with van der Waals surface area (Å²) in [6.45, 7) is 3.82. The summed E-state index contributed by atoms with van der Waals surface area (Å²) in [5.41, 5.74) is 0. The van der Waals surface area contributed by atoms with Gasteiger partial charge in [-0.1, -0.05) is 283 Å². The van der Waals surface area contributed by atoms with Gasteiger partial charge in [0.1, 0.15) is 24.4 Å². The summed E-state index contributed by atoms with van der Waals surface area (Å²) in [6, 6.07) is -0.800. The van der Waals surface area contributed by atoms with Gasteiger partial charge in [0.05, 0.1) is 25.4 Å². The summed E-state index contributed by atoms with van der Waals surface area (Å²) in [4.78, 5) is 13.0. The number of rotatable bonds is 51. The zero-order valence-electron chi connectivity index (χ0n) is 44.2. The van der Waals surface area contributed by atoms with Crippen LogP contribution in [0, 0.1) is 0 Å². The molecule has 0 aromatic carbocycles. The van der Waals surface area contributed by atoms with Crippen LogP contribution in [0.4, 0.5) is 0 Å². The van der Waals surface area contributed by atoms with Gasteiger partial charge < -0.3 is 40.3 Å². The first-order chi connectivity index (χ1) is 32.8. The molecule has 1 aliphatic heterocycles. The van der Waals surface area contributed by atoms with Gasteiger partial charge >= 0.3 is 0 Å². The molecule has 7 atom stereocenters. The summed E-state index contributed by atoms with van der Waals surface area (Å²) < 4.78 is 11.3. The van der Waals surface area contributed by atoms with Gasteiger partial charge in [-0.15, -0.1) is 0 Å². The minimum Gasteiger partial charge on any atom is -0.394 e. The Kier molecular flexibility index (Phi) is 46.3. The average Bonchev–Trinajstić information content (AvgIpc) is 3.33. The standard InChI is InChI=1S/C58H113NO8/c1-3-5-7-9-11-13-15-17-19-21-22-23-24-25-26-27-28-29-30-31-32-34-36-38-40-42-44-46-48-54(62)59-51(50-66-58-57(65)56(64)55(63)53(49-60)67-58)52(61)47-45-43-41-39-37-35-33-20-18-16-14-12-10-8-6-4-2/h45,47,51-53,55-58,60-61,63-65H,3-44,46,48-50H2,1-2H3,(H,59,62)/b47-45+/t51-,52+,53+,55+,56?,57?,58+/m0/s1. The molecule has 0 radical (unpaired) electrons. The van der Waals surface area contributed by atoms with E-state index in [0.29, 0.717) is 6.42 Å². The Labute approximate surface area is 414 Å². The number of unbranched alkanes of at least 4 members (excludes halogenated alkanes) is 41. The maximum Gasteiger partial charge on any atom is 0.220 e. The van der Waals surface area contributed by atoms with E-state index in [9.17, 15) is 30.3 Å². The van der Waals surface area contributed by atoms with Crippen LogP contribution in [0.1, 0.15) is 296 Å². The van der Waals surface area contributed by atoms with Gasteiger partial charge in [0.15, 0.2) is 6.29 Å². The maximum atomic E-state index is 13.0. The molecule has 1 aliphatic rings. The molecule has 1 heterocycles. The molecule has 1 amide bonds. The second kappa shape index (κ2) is 48.6. The zero-order valence-corrected chi connectivity index (χ0v) is 44.2. The Bertz CT molecular complexity index is 1060. The van der Waals surface area contributed by atoms with E-state index < -0.39 is 49.5 Å². The number of hydrogen-bond acceptors (Lipinski definition) is 8. The third-order valence-corrected chi connectivity index (χ3v) is 14.4. The van der Waals surface area contributed by atoms with Gasteiger partial charge in [0.2, 0.25) is 5.91 Å². The molecule has 398 valence electrons. The number of aliphatic hydroxyl groups is 5. The molecule has 0 bridgehead atoms. The molecule has 0 spiro atoms. The van der Waals surface area contributed by atoms with Crippen molar-refractivity contribution < 1.29 is 39.8 Å². The van der Waals surface area contributed by atoms with Gasteiger partial charge in [0.25, 0.3) is 0 Å². The van der Waals surface area contributed by atoms with Crippen LogP contribution >= 0.6 is 0 Å². The summed E-state index contributed by atoms with van der Waals surface area (Å²) in [6.07, 6.45) is 52.9. The summed E-state index contributed by atoms with van der Waals surface area (Å²) in [7, 11) is 0. The third kappa shape index (κ3) is 38.3. The maximum absolute atomic E-state index is 13.0. The highest BCUT2D eigenvalue weighted by atomic mass is 16.7. The molecule has 2 unspecified atom stereocenters. The number of carbonyl (C=O) groups excluding carboxylic acids is 1. The van der Waals surface area contributed by atoms with Gasteiger partial charge in [-0.2, -0.15) is 0 Å².